The van der Waals surface area contributed by atoms with Crippen LogP contribution in [-0.4, -0.2) is 17.5 Å². The first-order chi connectivity index (χ1) is 9.02. The third-order valence-electron chi connectivity index (χ3n) is 3.04. The van der Waals surface area contributed by atoms with E-state index in [0.29, 0.717) is 11.3 Å². The summed E-state index contributed by atoms with van der Waals surface area (Å²) in [6.07, 6.45) is 1.17. The topological polar surface area (TPSA) is 12.0 Å². The molecule has 0 saturated carbocycles. The lowest BCUT2D eigenvalue weighted by molar-refractivity contribution is 0.601. The van der Waals surface area contributed by atoms with Crippen molar-refractivity contribution >= 4 is 11.8 Å². The van der Waals surface area contributed by atoms with Gasteiger partial charge in [-0.1, -0.05) is 58.9 Å². The number of nitrogens with one attached hydrogen (secondary N) is 1. The second-order valence-corrected chi connectivity index (χ2v) is 7.44. The SMILES string of the molecule is CCNC(CSC(C)C)c1cccc(CC(C)C)c1. The molecule has 1 aromatic carbocycles. The number of hydrogen-bond donors (Lipinski definition) is 1. The van der Waals surface area contributed by atoms with E-state index in [9.17, 15) is 0 Å². The van der Waals surface area contributed by atoms with Gasteiger partial charge in [0.2, 0.25) is 0 Å². The van der Waals surface area contributed by atoms with Crippen LogP contribution in [0, 0.1) is 5.92 Å². The van der Waals surface area contributed by atoms with Gasteiger partial charge in [0.15, 0.2) is 0 Å². The molecular weight excluding hydrogens is 250 g/mol. The average Bonchev–Trinajstić information content (AvgIpc) is 2.33. The minimum atomic E-state index is 0.476. The Morgan fingerprint density at radius 3 is 2.47 bits per heavy atom. The molecule has 1 nitrogen and oxygen atoms in total. The average molecular weight is 279 g/mol. The predicted octanol–water partition coefficient (Wildman–Crippen LogP) is 4.68. The second-order valence-electron chi connectivity index (χ2n) is 5.84. The van der Waals surface area contributed by atoms with Gasteiger partial charge in [-0.25, -0.2) is 0 Å². The Morgan fingerprint density at radius 2 is 1.89 bits per heavy atom. The van der Waals surface area contributed by atoms with Crippen LogP contribution in [0.25, 0.3) is 0 Å². The largest absolute Gasteiger partial charge is 0.310 e. The van der Waals surface area contributed by atoms with E-state index in [1.807, 2.05) is 11.8 Å². The van der Waals surface area contributed by atoms with E-state index in [4.69, 9.17) is 0 Å². The van der Waals surface area contributed by atoms with Gasteiger partial charge in [-0.05, 0) is 35.3 Å². The van der Waals surface area contributed by atoms with Crippen molar-refractivity contribution in [2.75, 3.05) is 12.3 Å². The highest BCUT2D eigenvalue weighted by Gasteiger charge is 2.12. The van der Waals surface area contributed by atoms with Crippen molar-refractivity contribution in [2.24, 2.45) is 5.92 Å². The monoisotopic (exact) mass is 279 g/mol. The van der Waals surface area contributed by atoms with Gasteiger partial charge in [-0.15, -0.1) is 0 Å². The van der Waals surface area contributed by atoms with Crippen molar-refractivity contribution in [2.45, 2.75) is 52.3 Å². The van der Waals surface area contributed by atoms with Gasteiger partial charge in [0, 0.05) is 11.8 Å². The fourth-order valence-electron chi connectivity index (χ4n) is 2.22. The first-order valence-electron chi connectivity index (χ1n) is 7.46. The van der Waals surface area contributed by atoms with Gasteiger partial charge in [0.25, 0.3) is 0 Å². The molecular formula is C17H29NS. The van der Waals surface area contributed by atoms with Crippen LogP contribution in [0.1, 0.15) is 51.8 Å². The Bertz CT molecular complexity index is 360. The predicted molar refractivity (Wildman–Crippen MR) is 89.0 cm³/mol. The molecule has 1 N–H and O–H groups in total. The summed E-state index contributed by atoms with van der Waals surface area (Å²) in [6.45, 7) is 12.3. The number of benzene rings is 1. The van der Waals surface area contributed by atoms with E-state index >= 15 is 0 Å². The summed E-state index contributed by atoms with van der Waals surface area (Å²) >= 11 is 2.03. The van der Waals surface area contributed by atoms with Crippen LogP contribution < -0.4 is 5.32 Å². The molecule has 1 unspecified atom stereocenters. The standard InChI is InChI=1S/C17H29NS/c1-6-18-17(12-19-14(4)5)16-9-7-8-15(11-16)10-13(2)3/h7-9,11,13-14,17-18H,6,10,12H2,1-5H3. The zero-order valence-corrected chi connectivity index (χ0v) is 13.9. The van der Waals surface area contributed by atoms with Crippen LogP contribution in [0.2, 0.25) is 0 Å². The van der Waals surface area contributed by atoms with Crippen molar-refractivity contribution in [3.63, 3.8) is 0 Å². The van der Waals surface area contributed by atoms with E-state index in [2.05, 4.69) is 64.2 Å². The van der Waals surface area contributed by atoms with Crippen LogP contribution >= 0.6 is 11.8 Å². The third-order valence-corrected chi connectivity index (χ3v) is 4.24. The van der Waals surface area contributed by atoms with Crippen molar-refractivity contribution in [1.29, 1.82) is 0 Å². The maximum absolute atomic E-state index is 3.61. The van der Waals surface area contributed by atoms with Crippen LogP contribution in [0.15, 0.2) is 24.3 Å². The molecule has 2 heteroatoms. The molecule has 0 fully saturated rings. The van der Waals surface area contributed by atoms with Gasteiger partial charge < -0.3 is 5.32 Å². The first-order valence-corrected chi connectivity index (χ1v) is 8.51. The van der Waals surface area contributed by atoms with E-state index in [1.54, 1.807) is 0 Å². The van der Waals surface area contributed by atoms with E-state index in [-0.39, 0.29) is 0 Å². The highest BCUT2D eigenvalue weighted by atomic mass is 32.2. The summed E-state index contributed by atoms with van der Waals surface area (Å²) in [5.74, 6) is 1.87. The van der Waals surface area contributed by atoms with E-state index in [1.165, 1.54) is 17.5 Å². The van der Waals surface area contributed by atoms with Crippen molar-refractivity contribution < 1.29 is 0 Å². The van der Waals surface area contributed by atoms with Crippen molar-refractivity contribution in [3.05, 3.63) is 35.4 Å². The Kier molecular flexibility index (Phi) is 7.55. The summed E-state index contributed by atoms with van der Waals surface area (Å²) in [7, 11) is 0. The molecule has 19 heavy (non-hydrogen) atoms. The zero-order valence-electron chi connectivity index (χ0n) is 13.1. The lowest BCUT2D eigenvalue weighted by Crippen LogP contribution is -2.23. The molecule has 0 bridgehead atoms. The summed E-state index contributed by atoms with van der Waals surface area (Å²) in [6, 6.07) is 9.58. The molecule has 0 radical (unpaired) electrons. The molecule has 0 aliphatic rings. The van der Waals surface area contributed by atoms with Gasteiger partial charge in [-0.3, -0.25) is 0 Å². The Morgan fingerprint density at radius 1 is 1.16 bits per heavy atom. The van der Waals surface area contributed by atoms with Crippen LogP contribution in [-0.2, 0) is 6.42 Å². The molecule has 0 heterocycles. The normalized spacial score (nSPS) is 13.2. The lowest BCUT2D eigenvalue weighted by Gasteiger charge is -2.20. The molecule has 108 valence electrons. The van der Waals surface area contributed by atoms with Crippen LogP contribution in [0.5, 0.6) is 0 Å². The van der Waals surface area contributed by atoms with E-state index < -0.39 is 0 Å². The highest BCUT2D eigenvalue weighted by molar-refractivity contribution is 7.99. The molecule has 1 rings (SSSR count). The number of thioether (sulfide) groups is 1. The Hall–Kier alpha value is -0.470. The molecule has 0 saturated heterocycles. The molecule has 0 spiro atoms. The highest BCUT2D eigenvalue weighted by Crippen LogP contribution is 2.22. The van der Waals surface area contributed by atoms with Gasteiger partial charge in [-0.2, -0.15) is 11.8 Å². The summed E-state index contributed by atoms with van der Waals surface area (Å²) < 4.78 is 0. The van der Waals surface area contributed by atoms with Crippen LogP contribution in [0.3, 0.4) is 0 Å². The Labute approximate surface area is 123 Å². The second kappa shape index (κ2) is 8.65. The summed E-state index contributed by atoms with van der Waals surface area (Å²) in [5, 5.41) is 4.31. The molecule has 1 atom stereocenters. The minimum absolute atomic E-state index is 0.476. The Balaban J connectivity index is 2.76. The van der Waals surface area contributed by atoms with E-state index in [0.717, 1.165) is 18.2 Å². The minimum Gasteiger partial charge on any atom is -0.310 e. The van der Waals surface area contributed by atoms with Gasteiger partial charge in [0.1, 0.15) is 0 Å². The van der Waals surface area contributed by atoms with Crippen LogP contribution in [0.4, 0.5) is 0 Å². The number of rotatable bonds is 8. The molecule has 1 aromatic rings. The maximum Gasteiger partial charge on any atom is 0.0411 e. The summed E-state index contributed by atoms with van der Waals surface area (Å²) in [4.78, 5) is 0. The third kappa shape index (κ3) is 6.49. The van der Waals surface area contributed by atoms with Gasteiger partial charge in [0.05, 0.1) is 0 Å². The lowest BCUT2D eigenvalue weighted by atomic mass is 9.99. The van der Waals surface area contributed by atoms with Gasteiger partial charge >= 0.3 is 0 Å². The van der Waals surface area contributed by atoms with Crippen molar-refractivity contribution in [1.82, 2.24) is 5.32 Å². The fraction of sp³-hybridized carbons (Fsp3) is 0.647. The quantitative estimate of drug-likeness (QED) is 0.741. The zero-order chi connectivity index (χ0) is 14.3. The molecule has 0 aliphatic heterocycles. The number of hydrogen-bond acceptors (Lipinski definition) is 2. The molecule has 0 aliphatic carbocycles. The molecule has 0 amide bonds. The fourth-order valence-corrected chi connectivity index (χ4v) is 3.10. The molecule has 0 aromatic heterocycles. The van der Waals surface area contributed by atoms with Crippen molar-refractivity contribution in [3.8, 4) is 0 Å². The maximum atomic E-state index is 3.61. The first kappa shape index (κ1) is 16.6. The smallest absolute Gasteiger partial charge is 0.0411 e. The summed E-state index contributed by atoms with van der Waals surface area (Å²) in [5.41, 5.74) is 2.90.